The first-order valence-corrected chi connectivity index (χ1v) is 16.8. The van der Waals surface area contributed by atoms with Crippen molar-refractivity contribution >= 4 is 62.8 Å². The molecule has 0 radical (unpaired) electrons. The number of benzene rings is 2. The number of thiophene rings is 3. The van der Waals surface area contributed by atoms with Gasteiger partial charge in [0.15, 0.2) is 8.07 Å². The van der Waals surface area contributed by atoms with Crippen LogP contribution >= 0.6 is 34.0 Å². The number of fused-ring (bicyclic) bond motifs is 3. The fourth-order valence-corrected chi connectivity index (χ4v) is 15.1. The summed E-state index contributed by atoms with van der Waals surface area (Å²) >= 11 is 5.94. The van der Waals surface area contributed by atoms with E-state index in [1.54, 1.807) is 10.4 Å². The predicted molar refractivity (Wildman–Crippen MR) is 156 cm³/mol. The first kappa shape index (κ1) is 22.2. The largest absolute Gasteiger partial charge is 0.182 e. The van der Waals surface area contributed by atoms with Crippen LogP contribution in [0.5, 0.6) is 0 Å². The standard InChI is InChI=1S/C30H28S3Si/c1-2-3-4-7-12-22-17-18-25(32-22)26-21-28-30(33-26)29-27(19-20-31-29)34(28,23-13-8-5-9-14-23)24-15-10-6-11-16-24/h5-6,8-11,13-21H,2-4,7,12H2,1H3. The highest BCUT2D eigenvalue weighted by Crippen LogP contribution is 2.42. The van der Waals surface area contributed by atoms with Gasteiger partial charge in [0, 0.05) is 24.4 Å². The molecule has 0 N–H and O–H groups in total. The molecular formula is C30H28S3Si. The highest BCUT2D eigenvalue weighted by Gasteiger charge is 2.50. The molecule has 0 amide bonds. The molecule has 0 bridgehead atoms. The van der Waals surface area contributed by atoms with Crippen molar-refractivity contribution in [3.63, 3.8) is 0 Å². The summed E-state index contributed by atoms with van der Waals surface area (Å²) < 4.78 is 0. The second kappa shape index (κ2) is 9.42. The summed E-state index contributed by atoms with van der Waals surface area (Å²) in [5.74, 6) is 0. The average Bonchev–Trinajstić information content (AvgIpc) is 3.66. The minimum absolute atomic E-state index is 1.22. The van der Waals surface area contributed by atoms with Crippen molar-refractivity contribution < 1.29 is 0 Å². The van der Waals surface area contributed by atoms with Crippen LogP contribution in [-0.2, 0) is 6.42 Å². The zero-order valence-corrected chi connectivity index (χ0v) is 22.9. The second-order valence-corrected chi connectivity index (χ2v) is 15.9. The molecule has 0 saturated carbocycles. The molecule has 0 unspecified atom stereocenters. The Morgan fingerprint density at radius 2 is 1.38 bits per heavy atom. The predicted octanol–water partition coefficient (Wildman–Crippen LogP) is 7.02. The molecule has 0 saturated heterocycles. The summed E-state index contributed by atoms with van der Waals surface area (Å²) in [7, 11) is -2.28. The summed E-state index contributed by atoms with van der Waals surface area (Å²) in [6, 6.07) is 32.3. The molecule has 0 atom stereocenters. The summed E-state index contributed by atoms with van der Waals surface area (Å²) in [5.41, 5.74) is 0. The van der Waals surface area contributed by atoms with Crippen molar-refractivity contribution in [2.45, 2.75) is 39.0 Å². The van der Waals surface area contributed by atoms with Gasteiger partial charge in [-0.2, -0.15) is 0 Å². The molecule has 0 nitrogen and oxygen atoms in total. The van der Waals surface area contributed by atoms with Crippen molar-refractivity contribution in [3.05, 3.63) is 95.2 Å². The van der Waals surface area contributed by atoms with Crippen LogP contribution in [0.4, 0.5) is 0 Å². The molecule has 0 spiro atoms. The van der Waals surface area contributed by atoms with Gasteiger partial charge in [-0.15, -0.1) is 34.0 Å². The first-order chi connectivity index (χ1) is 16.8. The van der Waals surface area contributed by atoms with Crippen molar-refractivity contribution in [1.82, 2.24) is 0 Å². The normalized spacial score (nSPS) is 13.7. The van der Waals surface area contributed by atoms with Gasteiger partial charge in [-0.3, -0.25) is 0 Å². The molecule has 6 rings (SSSR count). The number of rotatable bonds is 8. The van der Waals surface area contributed by atoms with Crippen molar-refractivity contribution in [1.29, 1.82) is 0 Å². The zero-order valence-electron chi connectivity index (χ0n) is 19.4. The Morgan fingerprint density at radius 1 is 0.647 bits per heavy atom. The van der Waals surface area contributed by atoms with Gasteiger partial charge in [0.2, 0.25) is 0 Å². The van der Waals surface area contributed by atoms with E-state index in [-0.39, 0.29) is 0 Å². The topological polar surface area (TPSA) is 0 Å². The molecule has 34 heavy (non-hydrogen) atoms. The molecule has 170 valence electrons. The van der Waals surface area contributed by atoms with Gasteiger partial charge in [0.1, 0.15) is 0 Å². The quantitative estimate of drug-likeness (QED) is 0.152. The molecule has 1 aliphatic rings. The monoisotopic (exact) mass is 512 g/mol. The Labute approximate surface area is 215 Å². The summed E-state index contributed by atoms with van der Waals surface area (Å²) in [4.78, 5) is 7.43. The van der Waals surface area contributed by atoms with Crippen LogP contribution in [0.25, 0.3) is 19.5 Å². The Balaban J connectivity index is 1.48. The summed E-state index contributed by atoms with van der Waals surface area (Å²) in [6.45, 7) is 2.28. The van der Waals surface area contributed by atoms with Crippen LogP contribution in [0.2, 0.25) is 0 Å². The first-order valence-electron chi connectivity index (χ1n) is 12.2. The number of hydrogen-bond acceptors (Lipinski definition) is 3. The molecule has 3 aromatic heterocycles. The Morgan fingerprint density at radius 3 is 2.09 bits per heavy atom. The lowest BCUT2D eigenvalue weighted by Gasteiger charge is -2.29. The lowest BCUT2D eigenvalue weighted by molar-refractivity contribution is 0.670. The maximum absolute atomic E-state index is 2.56. The fraction of sp³-hybridized carbons (Fsp3) is 0.200. The molecule has 5 aromatic rings. The van der Waals surface area contributed by atoms with Gasteiger partial charge in [-0.05, 0) is 57.2 Å². The lowest BCUT2D eigenvalue weighted by atomic mass is 10.1. The Hall–Kier alpha value is -2.24. The van der Waals surface area contributed by atoms with Crippen LogP contribution in [0, 0.1) is 0 Å². The highest BCUT2D eigenvalue weighted by atomic mass is 32.1. The van der Waals surface area contributed by atoms with E-state index in [9.17, 15) is 0 Å². The van der Waals surface area contributed by atoms with E-state index in [0.29, 0.717) is 0 Å². The van der Waals surface area contributed by atoms with Crippen LogP contribution in [-0.4, -0.2) is 8.07 Å². The number of aryl methyl sites for hydroxylation is 1. The van der Waals surface area contributed by atoms with Gasteiger partial charge in [0.05, 0.1) is 0 Å². The minimum atomic E-state index is -2.28. The smallest absolute Gasteiger partial charge is 0.143 e. The Kier molecular flexibility index (Phi) is 6.16. The number of unbranched alkanes of at least 4 members (excludes halogenated alkanes) is 3. The van der Waals surface area contributed by atoms with Crippen molar-refractivity contribution in [3.8, 4) is 19.5 Å². The van der Waals surface area contributed by atoms with Gasteiger partial charge in [0.25, 0.3) is 0 Å². The van der Waals surface area contributed by atoms with Gasteiger partial charge in [-0.25, -0.2) is 0 Å². The molecule has 4 heteroatoms. The van der Waals surface area contributed by atoms with E-state index in [0.717, 1.165) is 0 Å². The van der Waals surface area contributed by atoms with Crippen LogP contribution in [0.15, 0.2) is 90.3 Å². The van der Waals surface area contributed by atoms with Crippen molar-refractivity contribution in [2.24, 2.45) is 0 Å². The summed E-state index contributed by atoms with van der Waals surface area (Å²) in [6.07, 6.45) is 6.53. The number of hydrogen-bond donors (Lipinski definition) is 0. The maximum atomic E-state index is 2.56. The molecule has 4 heterocycles. The van der Waals surface area contributed by atoms with Crippen LogP contribution in [0.1, 0.15) is 37.5 Å². The summed E-state index contributed by atoms with van der Waals surface area (Å²) in [5, 5.41) is 8.45. The third-order valence-electron chi connectivity index (χ3n) is 7.01. The van der Waals surface area contributed by atoms with Crippen LogP contribution in [0.3, 0.4) is 0 Å². The van der Waals surface area contributed by atoms with Crippen LogP contribution < -0.4 is 20.7 Å². The van der Waals surface area contributed by atoms with Crippen molar-refractivity contribution in [2.75, 3.05) is 0 Å². The molecule has 0 fully saturated rings. The molecule has 1 aliphatic heterocycles. The van der Waals surface area contributed by atoms with Gasteiger partial charge < -0.3 is 0 Å². The minimum Gasteiger partial charge on any atom is -0.143 e. The highest BCUT2D eigenvalue weighted by molar-refractivity contribution is 7.35. The van der Waals surface area contributed by atoms with E-state index < -0.39 is 8.07 Å². The second-order valence-electron chi connectivity index (χ2n) is 9.08. The van der Waals surface area contributed by atoms with Gasteiger partial charge >= 0.3 is 0 Å². The third kappa shape index (κ3) is 3.59. The van der Waals surface area contributed by atoms with E-state index >= 15 is 0 Å². The zero-order chi connectivity index (χ0) is 23.0. The fourth-order valence-electron chi connectivity index (χ4n) is 5.42. The molecule has 0 aliphatic carbocycles. The lowest BCUT2D eigenvalue weighted by Crippen LogP contribution is -2.72. The Bertz CT molecular complexity index is 1350. The van der Waals surface area contributed by atoms with Gasteiger partial charge in [-0.1, -0.05) is 92.9 Å². The van der Waals surface area contributed by atoms with E-state index in [4.69, 9.17) is 0 Å². The molecular weight excluding hydrogens is 485 g/mol. The molecule has 2 aromatic carbocycles. The van der Waals surface area contributed by atoms with E-state index in [2.05, 4.69) is 97.2 Å². The average molecular weight is 513 g/mol. The van der Waals surface area contributed by atoms with E-state index in [1.807, 2.05) is 34.0 Å². The van der Waals surface area contributed by atoms with E-state index in [1.165, 1.54) is 66.9 Å². The maximum Gasteiger partial charge on any atom is 0.182 e. The SMILES string of the molecule is CCCCCCc1ccc(-c2cc3c(s2)-c2sccc2[Si]3(c2ccccc2)c2ccccc2)s1. The third-order valence-corrected chi connectivity index (χ3v) is 15.7.